The highest BCUT2D eigenvalue weighted by Crippen LogP contribution is 2.02. The molecular weight excluding hydrogens is 166 g/mol. The van der Waals surface area contributed by atoms with E-state index in [1.165, 1.54) is 0 Å². The Morgan fingerprint density at radius 1 is 1.33 bits per heavy atom. The molecule has 1 amide bonds. The Morgan fingerprint density at radius 3 is 1.83 bits per heavy atom. The van der Waals surface area contributed by atoms with Crippen LogP contribution in [0.5, 0.6) is 0 Å². The fourth-order valence-corrected chi connectivity index (χ4v) is 0.655. The van der Waals surface area contributed by atoms with Gasteiger partial charge in [0.05, 0.1) is 13.2 Å². The van der Waals surface area contributed by atoms with Gasteiger partial charge in [0.2, 0.25) is 5.91 Å². The van der Waals surface area contributed by atoms with Crippen LogP contribution in [0.4, 0.5) is 0 Å². The molecule has 70 valence electrons. The normalized spacial score (nSPS) is 10.9. The van der Waals surface area contributed by atoms with Gasteiger partial charge in [0.25, 0.3) is 0 Å². The maximum absolute atomic E-state index is 10.5. The first-order valence-electron chi connectivity index (χ1n) is 3.22. The number of aliphatic hydroxyl groups excluding tert-OH is 2. The van der Waals surface area contributed by atoms with Crippen LogP contribution in [0, 0.1) is 0 Å². The van der Waals surface area contributed by atoms with E-state index in [2.05, 4.69) is 0 Å². The maximum Gasteiger partial charge on any atom is 0.334 e. The molecule has 0 fully saturated rings. The van der Waals surface area contributed by atoms with Crippen LogP contribution in [0.2, 0.25) is 0 Å². The fraction of sp³-hybridized carbons (Fsp3) is 0.667. The van der Waals surface area contributed by atoms with Crippen LogP contribution in [-0.2, 0) is 9.59 Å². The van der Waals surface area contributed by atoms with Crippen LogP contribution in [0.15, 0.2) is 0 Å². The number of carbonyl (C=O) groups excluding carboxylic acids is 1. The van der Waals surface area contributed by atoms with E-state index >= 15 is 0 Å². The second-order valence-corrected chi connectivity index (χ2v) is 2.38. The minimum Gasteiger partial charge on any atom is -0.479 e. The van der Waals surface area contributed by atoms with E-state index in [1.807, 2.05) is 5.32 Å². The Balaban J connectivity index is 4.58. The van der Waals surface area contributed by atoms with Crippen LogP contribution in [0.3, 0.4) is 0 Å². The summed E-state index contributed by atoms with van der Waals surface area (Å²) >= 11 is 0. The van der Waals surface area contributed by atoms with Gasteiger partial charge in [-0.1, -0.05) is 0 Å². The average Bonchev–Trinajstić information content (AvgIpc) is 1.99. The molecule has 0 bridgehead atoms. The van der Waals surface area contributed by atoms with E-state index < -0.39 is 30.6 Å². The summed E-state index contributed by atoms with van der Waals surface area (Å²) in [5.41, 5.74) is -1.97. The SMILES string of the molecule is CC(=O)NC(CO)(CO)C(=O)O. The van der Waals surface area contributed by atoms with Gasteiger partial charge in [-0.25, -0.2) is 4.79 Å². The average molecular weight is 177 g/mol. The number of nitrogens with one attached hydrogen (secondary N) is 1. The van der Waals surface area contributed by atoms with E-state index in [1.54, 1.807) is 0 Å². The Kier molecular flexibility index (Phi) is 3.65. The van der Waals surface area contributed by atoms with Crippen molar-refractivity contribution in [2.24, 2.45) is 0 Å². The highest BCUT2D eigenvalue weighted by molar-refractivity contribution is 5.86. The standard InChI is InChI=1S/C6H11NO5/c1-4(10)7-6(2-8,3-9)5(11)12/h8-9H,2-3H2,1H3,(H,7,10)(H,11,12). The van der Waals surface area contributed by atoms with E-state index in [9.17, 15) is 9.59 Å². The minimum absolute atomic E-state index is 0.625. The van der Waals surface area contributed by atoms with E-state index in [4.69, 9.17) is 15.3 Å². The van der Waals surface area contributed by atoms with Gasteiger partial charge in [0.1, 0.15) is 0 Å². The second-order valence-electron chi connectivity index (χ2n) is 2.38. The van der Waals surface area contributed by atoms with Crippen molar-refractivity contribution in [3.8, 4) is 0 Å². The Morgan fingerprint density at radius 2 is 1.75 bits per heavy atom. The molecule has 0 radical (unpaired) electrons. The number of hydrogen-bond donors (Lipinski definition) is 4. The first-order chi connectivity index (χ1) is 5.48. The number of carbonyl (C=O) groups is 2. The van der Waals surface area contributed by atoms with E-state index in [-0.39, 0.29) is 0 Å². The molecule has 4 N–H and O–H groups in total. The third-order valence-corrected chi connectivity index (χ3v) is 1.36. The lowest BCUT2D eigenvalue weighted by molar-refractivity contribution is -0.151. The summed E-state index contributed by atoms with van der Waals surface area (Å²) in [5.74, 6) is -2.09. The van der Waals surface area contributed by atoms with Gasteiger partial charge < -0.3 is 20.6 Å². The van der Waals surface area contributed by atoms with Gasteiger partial charge >= 0.3 is 5.97 Å². The summed E-state index contributed by atoms with van der Waals surface area (Å²) in [6.07, 6.45) is 0. The molecule has 6 nitrogen and oxygen atoms in total. The summed E-state index contributed by atoms with van der Waals surface area (Å²) < 4.78 is 0. The molecule has 0 heterocycles. The first-order valence-corrected chi connectivity index (χ1v) is 3.22. The van der Waals surface area contributed by atoms with Gasteiger partial charge in [-0.3, -0.25) is 4.79 Å². The molecule has 0 rings (SSSR count). The Bertz CT molecular complexity index is 186. The molecule has 0 aromatic carbocycles. The van der Waals surface area contributed by atoms with Crippen molar-refractivity contribution < 1.29 is 24.9 Å². The predicted molar refractivity (Wildman–Crippen MR) is 38.4 cm³/mol. The lowest BCUT2D eigenvalue weighted by atomic mass is 10.0. The van der Waals surface area contributed by atoms with Crippen molar-refractivity contribution in [2.45, 2.75) is 12.5 Å². The highest BCUT2D eigenvalue weighted by atomic mass is 16.4. The molecule has 0 saturated carbocycles. The number of rotatable bonds is 4. The lowest BCUT2D eigenvalue weighted by Gasteiger charge is -2.25. The minimum atomic E-state index is -1.97. The molecule has 0 aromatic rings. The predicted octanol–water partition coefficient (Wildman–Crippen LogP) is -2.07. The van der Waals surface area contributed by atoms with Crippen LogP contribution >= 0.6 is 0 Å². The number of aliphatic hydroxyl groups is 2. The largest absolute Gasteiger partial charge is 0.479 e. The fourth-order valence-electron chi connectivity index (χ4n) is 0.655. The zero-order valence-electron chi connectivity index (χ0n) is 6.57. The number of aliphatic carboxylic acids is 1. The maximum atomic E-state index is 10.5. The second kappa shape index (κ2) is 4.03. The zero-order valence-corrected chi connectivity index (χ0v) is 6.57. The molecule has 0 aliphatic rings. The van der Waals surface area contributed by atoms with Gasteiger partial charge in [-0.05, 0) is 0 Å². The zero-order chi connectivity index (χ0) is 9.78. The number of hydrogen-bond acceptors (Lipinski definition) is 4. The summed E-state index contributed by atoms with van der Waals surface area (Å²) in [4.78, 5) is 21.0. The molecule has 0 unspecified atom stereocenters. The van der Waals surface area contributed by atoms with Crippen molar-refractivity contribution in [1.29, 1.82) is 0 Å². The van der Waals surface area contributed by atoms with Crippen molar-refractivity contribution in [2.75, 3.05) is 13.2 Å². The third kappa shape index (κ3) is 2.18. The molecule has 0 spiro atoms. The summed E-state index contributed by atoms with van der Waals surface area (Å²) in [7, 11) is 0. The van der Waals surface area contributed by atoms with Crippen molar-refractivity contribution in [3.63, 3.8) is 0 Å². The van der Waals surface area contributed by atoms with Crippen molar-refractivity contribution >= 4 is 11.9 Å². The van der Waals surface area contributed by atoms with E-state index in [0.29, 0.717) is 0 Å². The molecule has 0 saturated heterocycles. The molecule has 0 aromatic heterocycles. The smallest absolute Gasteiger partial charge is 0.334 e. The van der Waals surface area contributed by atoms with Crippen LogP contribution in [0.1, 0.15) is 6.92 Å². The number of amides is 1. The number of carboxylic acids is 1. The van der Waals surface area contributed by atoms with Crippen LogP contribution in [0.25, 0.3) is 0 Å². The molecule has 0 aliphatic carbocycles. The topological polar surface area (TPSA) is 107 Å². The molecule has 12 heavy (non-hydrogen) atoms. The number of carboxylic acid groups (broad SMARTS) is 1. The first kappa shape index (κ1) is 10.9. The molecule has 0 aliphatic heterocycles. The monoisotopic (exact) mass is 177 g/mol. The molecule has 6 heteroatoms. The molecule has 0 atom stereocenters. The molecular formula is C6H11NO5. The lowest BCUT2D eigenvalue weighted by Crippen LogP contribution is -2.59. The van der Waals surface area contributed by atoms with Gasteiger partial charge in [0, 0.05) is 6.92 Å². The van der Waals surface area contributed by atoms with Gasteiger partial charge in [0.15, 0.2) is 5.54 Å². The van der Waals surface area contributed by atoms with Gasteiger partial charge in [-0.15, -0.1) is 0 Å². The van der Waals surface area contributed by atoms with Crippen LogP contribution in [-0.4, -0.2) is 45.9 Å². The summed E-state index contributed by atoms with van der Waals surface area (Å²) in [6.45, 7) is -0.597. The Hall–Kier alpha value is -1.14. The van der Waals surface area contributed by atoms with E-state index in [0.717, 1.165) is 6.92 Å². The summed E-state index contributed by atoms with van der Waals surface area (Å²) in [5, 5.41) is 27.8. The van der Waals surface area contributed by atoms with Crippen molar-refractivity contribution in [1.82, 2.24) is 5.32 Å². The van der Waals surface area contributed by atoms with Gasteiger partial charge in [-0.2, -0.15) is 0 Å². The quantitative estimate of drug-likeness (QED) is 0.394. The highest BCUT2D eigenvalue weighted by Gasteiger charge is 2.38. The summed E-state index contributed by atoms with van der Waals surface area (Å²) in [6, 6.07) is 0. The van der Waals surface area contributed by atoms with Crippen LogP contribution < -0.4 is 5.32 Å². The van der Waals surface area contributed by atoms with Crippen molar-refractivity contribution in [3.05, 3.63) is 0 Å². The Labute approximate surface area is 68.8 Å². The third-order valence-electron chi connectivity index (χ3n) is 1.36.